The molecule has 11 aromatic carbocycles. The number of aromatic nitrogens is 1. The number of furan rings is 1. The Labute approximate surface area is 332 Å². The highest BCUT2D eigenvalue weighted by Gasteiger charge is 2.20. The molecule has 0 saturated carbocycles. The maximum absolute atomic E-state index is 6.69. The van der Waals surface area contributed by atoms with Gasteiger partial charge in [-0.1, -0.05) is 164 Å². The summed E-state index contributed by atoms with van der Waals surface area (Å²) in [5.41, 5.74) is 3.97. The topological polar surface area (TPSA) is 18.1 Å². The maximum Gasteiger partial charge on any atom is 0.213 e. The summed E-state index contributed by atoms with van der Waals surface area (Å²) in [6.07, 6.45) is 0. The van der Waals surface area contributed by atoms with Crippen LogP contribution in [0.3, 0.4) is 0 Å². The molecule has 0 aliphatic heterocycles. The van der Waals surface area contributed by atoms with E-state index in [-0.39, 0.29) is 0 Å². The lowest BCUT2D eigenvalue weighted by molar-refractivity contribution is 0.645. The van der Waals surface area contributed by atoms with E-state index < -0.39 is 0 Å². The fourth-order valence-electron chi connectivity index (χ4n) is 10.1. The largest absolute Gasteiger partial charge is 0.439 e. The highest BCUT2D eigenvalue weighted by molar-refractivity contribution is 6.32. The molecule has 0 saturated heterocycles. The Bertz CT molecular complexity index is 3980. The van der Waals surface area contributed by atoms with Crippen LogP contribution in [0.1, 0.15) is 0 Å². The van der Waals surface area contributed by atoms with Gasteiger partial charge < -0.3 is 4.42 Å². The lowest BCUT2D eigenvalue weighted by Gasteiger charge is -2.14. The third-order valence-electron chi connectivity index (χ3n) is 12.6. The highest BCUT2D eigenvalue weighted by Crippen LogP contribution is 2.43. The monoisotopic (exact) mass is 735 g/mol. The van der Waals surface area contributed by atoms with Crippen molar-refractivity contribution in [2.45, 2.75) is 0 Å². The normalized spacial score (nSPS) is 12.1. The molecular weight excluding hydrogens is 703 g/mol. The van der Waals surface area contributed by atoms with Crippen LogP contribution in [0.25, 0.3) is 125 Å². The Balaban J connectivity index is 1.25. The fourth-order valence-corrected chi connectivity index (χ4v) is 10.1. The van der Waals surface area contributed by atoms with Crippen LogP contribution in [0, 0.1) is 0 Å². The van der Waals surface area contributed by atoms with Crippen LogP contribution in [0.2, 0.25) is 0 Å². The minimum atomic E-state index is 0.867. The van der Waals surface area contributed by atoms with Gasteiger partial charge in [0.2, 0.25) is 5.71 Å². The average Bonchev–Trinajstić information content (AvgIpc) is 3.82. The summed E-state index contributed by atoms with van der Waals surface area (Å²) in [6.45, 7) is 0. The van der Waals surface area contributed by atoms with Crippen molar-refractivity contribution in [1.82, 2.24) is 4.57 Å². The summed E-state index contributed by atoms with van der Waals surface area (Å²) < 4.78 is 9.00. The molecule has 0 N–H and O–H groups in total. The summed E-state index contributed by atoms with van der Waals surface area (Å²) >= 11 is 0. The van der Waals surface area contributed by atoms with Gasteiger partial charge in [-0.3, -0.25) is 4.57 Å². The molecule has 2 aromatic heterocycles. The molecule has 2 nitrogen and oxygen atoms in total. The molecule has 0 spiro atoms. The van der Waals surface area contributed by atoms with Gasteiger partial charge in [-0.15, -0.1) is 0 Å². The van der Waals surface area contributed by atoms with Gasteiger partial charge in [-0.25, -0.2) is 0 Å². The first-order valence-electron chi connectivity index (χ1n) is 20.0. The SMILES string of the molecule is c1ccc2c(c1)oc1c2c2ccccc2n1-c1ccc2c3ccccc3c3cc4c5ccccc5c5ccccc5c5ccccc5c4cc3c3ccccc3c2c1. The minimum absolute atomic E-state index is 0.867. The molecule has 2 heterocycles. The third-order valence-corrected chi connectivity index (χ3v) is 12.6. The summed E-state index contributed by atoms with van der Waals surface area (Å²) in [5, 5.41) is 23.2. The van der Waals surface area contributed by atoms with E-state index >= 15 is 0 Å². The van der Waals surface area contributed by atoms with Crippen molar-refractivity contribution in [3.63, 3.8) is 0 Å². The second-order valence-electron chi connectivity index (χ2n) is 15.5. The van der Waals surface area contributed by atoms with Gasteiger partial charge in [-0.05, 0) is 123 Å². The van der Waals surface area contributed by atoms with Gasteiger partial charge in [0.15, 0.2) is 0 Å². The first-order chi connectivity index (χ1) is 28.8. The van der Waals surface area contributed by atoms with E-state index in [1.54, 1.807) is 0 Å². The number of benzene rings is 9. The Hall–Kier alpha value is -7.68. The van der Waals surface area contributed by atoms with Gasteiger partial charge in [-0.2, -0.15) is 0 Å². The zero-order valence-electron chi connectivity index (χ0n) is 31.4. The molecule has 0 unspecified atom stereocenters. The van der Waals surface area contributed by atoms with Crippen molar-refractivity contribution < 1.29 is 4.42 Å². The van der Waals surface area contributed by atoms with E-state index in [1.807, 2.05) is 6.07 Å². The number of hydrogen-bond donors (Lipinski definition) is 0. The summed E-state index contributed by atoms with van der Waals surface area (Å²) in [5.74, 6) is 0. The second kappa shape index (κ2) is 11.9. The third kappa shape index (κ3) is 4.32. The molecule has 268 valence electrons. The van der Waals surface area contributed by atoms with Crippen molar-refractivity contribution in [3.8, 4) is 5.69 Å². The molecule has 0 atom stereocenters. The van der Waals surface area contributed by atoms with Crippen molar-refractivity contribution in [2.24, 2.45) is 0 Å². The molecule has 0 fully saturated rings. The first kappa shape index (κ1) is 31.5. The molecule has 13 aromatic rings. The van der Waals surface area contributed by atoms with E-state index in [0.717, 1.165) is 33.3 Å². The Morgan fingerprint density at radius 1 is 0.259 bits per heavy atom. The molecule has 2 heteroatoms. The van der Waals surface area contributed by atoms with E-state index in [9.17, 15) is 0 Å². The lowest BCUT2D eigenvalue weighted by Crippen LogP contribution is -1.93. The molecule has 0 bridgehead atoms. The van der Waals surface area contributed by atoms with Gasteiger partial charge in [0.25, 0.3) is 0 Å². The van der Waals surface area contributed by atoms with Crippen LogP contribution in [-0.2, 0) is 0 Å². The predicted molar refractivity (Wildman–Crippen MR) is 248 cm³/mol. The molecule has 0 radical (unpaired) electrons. The number of hydrogen-bond acceptors (Lipinski definition) is 1. The highest BCUT2D eigenvalue weighted by atomic mass is 16.3. The Morgan fingerprint density at radius 2 is 0.586 bits per heavy atom. The van der Waals surface area contributed by atoms with Crippen LogP contribution in [0.15, 0.2) is 205 Å². The number of nitrogens with zero attached hydrogens (tertiary/aromatic N) is 1. The van der Waals surface area contributed by atoms with Gasteiger partial charge in [0.1, 0.15) is 5.58 Å². The zero-order chi connectivity index (χ0) is 37.9. The Morgan fingerprint density at radius 3 is 1.03 bits per heavy atom. The van der Waals surface area contributed by atoms with E-state index in [4.69, 9.17) is 4.42 Å². The summed E-state index contributed by atoms with van der Waals surface area (Å²) in [7, 11) is 0. The number of rotatable bonds is 1. The van der Waals surface area contributed by atoms with Crippen molar-refractivity contribution in [1.29, 1.82) is 0 Å². The zero-order valence-corrected chi connectivity index (χ0v) is 31.4. The van der Waals surface area contributed by atoms with Crippen molar-refractivity contribution >= 4 is 119 Å². The van der Waals surface area contributed by atoms with Gasteiger partial charge in [0.05, 0.1) is 10.9 Å². The molecule has 0 aliphatic rings. The van der Waals surface area contributed by atoms with Crippen LogP contribution in [-0.4, -0.2) is 4.57 Å². The summed E-state index contributed by atoms with van der Waals surface area (Å²) in [6, 6.07) is 73.7. The van der Waals surface area contributed by atoms with E-state index in [1.165, 1.54) is 91.6 Å². The van der Waals surface area contributed by atoms with E-state index in [2.05, 4.69) is 199 Å². The van der Waals surface area contributed by atoms with Crippen LogP contribution < -0.4 is 0 Å². The lowest BCUT2D eigenvalue weighted by atomic mass is 9.90. The molecule has 58 heavy (non-hydrogen) atoms. The quantitative estimate of drug-likeness (QED) is 0.164. The summed E-state index contributed by atoms with van der Waals surface area (Å²) in [4.78, 5) is 0. The van der Waals surface area contributed by atoms with Gasteiger partial charge in [0, 0.05) is 16.5 Å². The standard InChI is InChI=1S/C56H33NO/c1-2-16-36-35(15-1)37-17-3-6-20-40(37)49-32-51-42-22-8-5-19-39(42)45-30-29-34(57-53-27-13-11-25-46(53)55-47-26-12-14-28-54(47)58-56(55)57)31-48(45)43-23-9-10-24-44(43)52(51)33-50(49)41-21-7-4-18-38(36)41/h1-33H. The van der Waals surface area contributed by atoms with Crippen LogP contribution >= 0.6 is 0 Å². The van der Waals surface area contributed by atoms with Crippen molar-refractivity contribution in [3.05, 3.63) is 200 Å². The second-order valence-corrected chi connectivity index (χ2v) is 15.5. The van der Waals surface area contributed by atoms with E-state index in [0.29, 0.717) is 0 Å². The van der Waals surface area contributed by atoms with Crippen molar-refractivity contribution in [2.75, 3.05) is 0 Å². The smallest absolute Gasteiger partial charge is 0.213 e. The molecule has 0 aliphatic carbocycles. The van der Waals surface area contributed by atoms with Crippen LogP contribution in [0.4, 0.5) is 0 Å². The molecular formula is C56H33NO. The molecule has 0 amide bonds. The minimum Gasteiger partial charge on any atom is -0.439 e. The average molecular weight is 736 g/mol. The predicted octanol–water partition coefficient (Wildman–Crippen LogP) is 15.9. The van der Waals surface area contributed by atoms with Gasteiger partial charge >= 0.3 is 0 Å². The van der Waals surface area contributed by atoms with Crippen LogP contribution in [0.5, 0.6) is 0 Å². The first-order valence-corrected chi connectivity index (χ1v) is 20.0. The Kier molecular flexibility index (Phi) is 6.47. The molecule has 13 rings (SSSR count). The number of para-hydroxylation sites is 2. The fraction of sp³-hybridized carbons (Fsp3) is 0. The number of fused-ring (bicyclic) bond motifs is 21. The maximum atomic E-state index is 6.69.